The van der Waals surface area contributed by atoms with Gasteiger partial charge in [-0.2, -0.15) is 0 Å². The van der Waals surface area contributed by atoms with Crippen molar-refractivity contribution in [2.75, 3.05) is 6.61 Å². The van der Waals surface area contributed by atoms with Crippen molar-refractivity contribution < 1.29 is 20.1 Å². The predicted octanol–water partition coefficient (Wildman–Crippen LogP) is 1.93. The van der Waals surface area contributed by atoms with Gasteiger partial charge in [0, 0.05) is 19.1 Å². The molecule has 3 rings (SSSR count). The Bertz CT molecular complexity index is 547. The average Bonchev–Trinajstić information content (AvgIpc) is 2.66. The van der Waals surface area contributed by atoms with Crippen LogP contribution in [0, 0.1) is 0 Å². The first-order valence-corrected chi connectivity index (χ1v) is 7.48. The number of rotatable bonds is 3. The summed E-state index contributed by atoms with van der Waals surface area (Å²) < 4.78 is 0. The van der Waals surface area contributed by atoms with Crippen LogP contribution < -0.4 is 0 Å². The highest BCUT2D eigenvalue weighted by atomic mass is 16.4. The Labute approximate surface area is 123 Å². The van der Waals surface area contributed by atoms with Crippen LogP contribution in [0.1, 0.15) is 42.7 Å². The molecule has 3 unspecified atom stereocenters. The van der Waals surface area contributed by atoms with Crippen molar-refractivity contribution in [1.29, 1.82) is 0 Å². The van der Waals surface area contributed by atoms with E-state index in [1.807, 2.05) is 24.3 Å². The lowest BCUT2D eigenvalue weighted by Gasteiger charge is -2.43. The zero-order valence-electron chi connectivity index (χ0n) is 11.9. The van der Waals surface area contributed by atoms with Gasteiger partial charge in [0.25, 0.3) is 0 Å². The fourth-order valence-corrected chi connectivity index (χ4v) is 4.07. The molecule has 2 aliphatic rings. The van der Waals surface area contributed by atoms with Crippen LogP contribution in [0.2, 0.25) is 0 Å². The Morgan fingerprint density at radius 1 is 1.38 bits per heavy atom. The number of carboxylic acid groups (broad SMARTS) is 1. The van der Waals surface area contributed by atoms with Crippen molar-refractivity contribution in [2.45, 2.75) is 49.8 Å². The van der Waals surface area contributed by atoms with E-state index in [2.05, 4.69) is 0 Å². The zero-order chi connectivity index (χ0) is 15.0. The number of hydrogen-bond acceptors (Lipinski definition) is 3. The summed E-state index contributed by atoms with van der Waals surface area (Å²) in [5, 5.41) is 29.2. The number of aliphatic hydroxyl groups excluding tert-OH is 1. The van der Waals surface area contributed by atoms with Crippen LogP contribution in [0.15, 0.2) is 24.3 Å². The van der Waals surface area contributed by atoms with Gasteiger partial charge >= 0.3 is 6.09 Å². The van der Waals surface area contributed by atoms with Crippen LogP contribution in [-0.4, -0.2) is 44.7 Å². The van der Waals surface area contributed by atoms with Gasteiger partial charge in [-0.1, -0.05) is 24.3 Å². The topological polar surface area (TPSA) is 81.0 Å². The minimum Gasteiger partial charge on any atom is -0.465 e. The van der Waals surface area contributed by atoms with Crippen molar-refractivity contribution in [3.63, 3.8) is 0 Å². The number of aliphatic hydroxyl groups is 2. The van der Waals surface area contributed by atoms with Gasteiger partial charge in [-0.25, -0.2) is 4.79 Å². The second-order valence-corrected chi connectivity index (χ2v) is 6.14. The third-order valence-corrected chi connectivity index (χ3v) is 4.90. The molecule has 2 fully saturated rings. The molecule has 21 heavy (non-hydrogen) atoms. The molecular formula is C16H21NO4. The molecule has 5 nitrogen and oxygen atoms in total. The molecule has 1 amide bonds. The number of hydrogen-bond donors (Lipinski definition) is 3. The molecule has 0 aromatic heterocycles. The van der Waals surface area contributed by atoms with Crippen LogP contribution in [0.25, 0.3) is 0 Å². The maximum Gasteiger partial charge on any atom is 0.409 e. The second kappa shape index (κ2) is 5.31. The number of fused-ring (bicyclic) bond motifs is 2. The molecule has 2 bridgehead atoms. The number of nitrogens with zero attached hydrogens (tertiary/aromatic N) is 1. The molecule has 0 spiro atoms. The van der Waals surface area contributed by atoms with E-state index >= 15 is 0 Å². The largest absolute Gasteiger partial charge is 0.465 e. The Hall–Kier alpha value is -1.59. The van der Waals surface area contributed by atoms with Crippen molar-refractivity contribution in [2.24, 2.45) is 0 Å². The molecule has 1 aromatic carbocycles. The molecule has 0 saturated carbocycles. The number of carbonyl (C=O) groups is 1. The zero-order valence-corrected chi connectivity index (χ0v) is 11.9. The van der Waals surface area contributed by atoms with E-state index in [1.54, 1.807) is 0 Å². The van der Waals surface area contributed by atoms with Crippen molar-refractivity contribution in [1.82, 2.24) is 4.90 Å². The van der Waals surface area contributed by atoms with E-state index in [9.17, 15) is 20.1 Å². The highest BCUT2D eigenvalue weighted by Gasteiger charge is 2.53. The summed E-state index contributed by atoms with van der Waals surface area (Å²) in [6, 6.07) is 7.85. The summed E-state index contributed by atoms with van der Waals surface area (Å²) in [4.78, 5) is 12.6. The molecule has 2 heterocycles. The fourth-order valence-electron chi connectivity index (χ4n) is 4.07. The van der Waals surface area contributed by atoms with Gasteiger partial charge in [0.15, 0.2) is 0 Å². The first-order chi connectivity index (χ1) is 10.0. The van der Waals surface area contributed by atoms with Crippen LogP contribution in [0.5, 0.6) is 0 Å². The maximum atomic E-state index is 11.4. The standard InChI is InChI=1S/C16H21NO4/c18-8-6-11-3-1-2-4-14(11)12-9-13-5-7-16(21,10-12)17(13)15(19)20/h1-4,12-13,18,21H,5-10H2,(H,19,20). The average molecular weight is 291 g/mol. The predicted molar refractivity (Wildman–Crippen MR) is 77.0 cm³/mol. The van der Waals surface area contributed by atoms with Gasteiger partial charge in [-0.15, -0.1) is 0 Å². The summed E-state index contributed by atoms with van der Waals surface area (Å²) in [6.07, 6.45) is 2.00. The van der Waals surface area contributed by atoms with E-state index in [1.165, 1.54) is 4.90 Å². The van der Waals surface area contributed by atoms with E-state index in [4.69, 9.17) is 0 Å². The first-order valence-electron chi connectivity index (χ1n) is 7.48. The number of benzene rings is 1. The van der Waals surface area contributed by atoms with Crippen molar-refractivity contribution in [3.05, 3.63) is 35.4 Å². The maximum absolute atomic E-state index is 11.4. The molecular weight excluding hydrogens is 270 g/mol. The van der Waals surface area contributed by atoms with Gasteiger partial charge < -0.3 is 15.3 Å². The van der Waals surface area contributed by atoms with Gasteiger partial charge in [0.2, 0.25) is 0 Å². The molecule has 114 valence electrons. The Morgan fingerprint density at radius 3 is 2.81 bits per heavy atom. The molecule has 2 saturated heterocycles. The van der Waals surface area contributed by atoms with E-state index in [-0.39, 0.29) is 18.6 Å². The lowest BCUT2D eigenvalue weighted by Crippen LogP contribution is -2.54. The summed E-state index contributed by atoms with van der Waals surface area (Å²) >= 11 is 0. The summed E-state index contributed by atoms with van der Waals surface area (Å²) in [6.45, 7) is 0.0959. The molecule has 0 aliphatic carbocycles. The lowest BCUT2D eigenvalue weighted by atomic mass is 9.81. The van der Waals surface area contributed by atoms with Crippen LogP contribution in [0.3, 0.4) is 0 Å². The van der Waals surface area contributed by atoms with Crippen molar-refractivity contribution >= 4 is 6.09 Å². The third-order valence-electron chi connectivity index (χ3n) is 4.90. The number of piperidine rings is 1. The molecule has 0 radical (unpaired) electrons. The quantitative estimate of drug-likeness (QED) is 0.795. The molecule has 3 N–H and O–H groups in total. The second-order valence-electron chi connectivity index (χ2n) is 6.14. The molecule has 5 heteroatoms. The van der Waals surface area contributed by atoms with E-state index in [0.717, 1.165) is 24.0 Å². The minimum absolute atomic E-state index is 0.0959. The normalized spacial score (nSPS) is 31.4. The molecule has 2 aliphatic heterocycles. The summed E-state index contributed by atoms with van der Waals surface area (Å²) in [7, 11) is 0. The Kier molecular flexibility index (Phi) is 3.63. The van der Waals surface area contributed by atoms with Crippen LogP contribution in [0.4, 0.5) is 4.79 Å². The Morgan fingerprint density at radius 2 is 2.14 bits per heavy atom. The van der Waals surface area contributed by atoms with E-state index in [0.29, 0.717) is 19.3 Å². The van der Waals surface area contributed by atoms with Crippen molar-refractivity contribution in [3.8, 4) is 0 Å². The monoisotopic (exact) mass is 291 g/mol. The SMILES string of the molecule is O=C(O)N1C2CCC1(O)CC(c1ccccc1CCO)C2. The lowest BCUT2D eigenvalue weighted by molar-refractivity contribution is -0.106. The van der Waals surface area contributed by atoms with Gasteiger partial charge in [-0.05, 0) is 42.7 Å². The van der Waals surface area contributed by atoms with Gasteiger partial charge in [0.1, 0.15) is 5.72 Å². The smallest absolute Gasteiger partial charge is 0.409 e. The summed E-state index contributed by atoms with van der Waals surface area (Å²) in [5.74, 6) is 0.154. The molecule has 3 atom stereocenters. The van der Waals surface area contributed by atoms with Gasteiger partial charge in [0.05, 0.1) is 0 Å². The number of amides is 1. The van der Waals surface area contributed by atoms with Crippen LogP contribution in [-0.2, 0) is 6.42 Å². The van der Waals surface area contributed by atoms with Crippen LogP contribution >= 0.6 is 0 Å². The summed E-state index contributed by atoms with van der Waals surface area (Å²) in [5.41, 5.74) is 1.00. The highest BCUT2D eigenvalue weighted by Crippen LogP contribution is 2.48. The third kappa shape index (κ3) is 2.40. The first kappa shape index (κ1) is 14.4. The fraction of sp³-hybridized carbons (Fsp3) is 0.562. The van der Waals surface area contributed by atoms with E-state index < -0.39 is 11.8 Å². The Balaban J connectivity index is 1.89. The molecule has 1 aromatic rings. The highest BCUT2D eigenvalue weighted by molar-refractivity contribution is 5.67. The van der Waals surface area contributed by atoms with Gasteiger partial charge in [-0.3, -0.25) is 4.90 Å². The minimum atomic E-state index is -1.23.